The second-order valence-electron chi connectivity index (χ2n) is 3.88. The van der Waals surface area contributed by atoms with Crippen molar-refractivity contribution in [2.45, 2.75) is 6.04 Å². The fourth-order valence-corrected chi connectivity index (χ4v) is 3.06. The van der Waals surface area contributed by atoms with Crippen LogP contribution in [0.3, 0.4) is 0 Å². The number of aliphatic carboxylic acids is 1. The maximum atomic E-state index is 12.0. The van der Waals surface area contributed by atoms with Gasteiger partial charge in [-0.05, 0) is 18.2 Å². The minimum Gasteiger partial charge on any atom is -0.480 e. The van der Waals surface area contributed by atoms with Crippen LogP contribution in [0.5, 0.6) is 0 Å². The number of urea groups is 1. The first kappa shape index (κ1) is 14.3. The molecular formula is C11H10Cl2N2O3S. The van der Waals surface area contributed by atoms with Crippen LogP contribution in [0.15, 0.2) is 18.2 Å². The summed E-state index contributed by atoms with van der Waals surface area (Å²) >= 11 is 13.0. The van der Waals surface area contributed by atoms with Gasteiger partial charge in [0.2, 0.25) is 0 Å². The van der Waals surface area contributed by atoms with Gasteiger partial charge in [0.1, 0.15) is 6.04 Å². The summed E-state index contributed by atoms with van der Waals surface area (Å²) in [5.74, 6) is -0.261. The smallest absolute Gasteiger partial charge is 0.327 e. The Balaban J connectivity index is 2.08. The number of thioether (sulfide) groups is 1. The number of carbonyl (C=O) groups excluding carboxylic acids is 1. The lowest BCUT2D eigenvalue weighted by molar-refractivity contribution is -0.140. The molecule has 1 aromatic rings. The molecule has 0 radical (unpaired) electrons. The Bertz CT molecular complexity index is 527. The van der Waals surface area contributed by atoms with Gasteiger partial charge in [-0.3, -0.25) is 0 Å². The molecule has 0 saturated carbocycles. The molecule has 1 heterocycles. The van der Waals surface area contributed by atoms with E-state index in [9.17, 15) is 9.59 Å². The lowest BCUT2D eigenvalue weighted by atomic mass is 10.3. The van der Waals surface area contributed by atoms with E-state index in [1.807, 2.05) is 0 Å². The molecule has 1 aliphatic rings. The van der Waals surface area contributed by atoms with Crippen molar-refractivity contribution in [1.29, 1.82) is 0 Å². The number of carboxylic acids is 1. The predicted molar refractivity (Wildman–Crippen MR) is 76.1 cm³/mol. The number of anilines is 1. The van der Waals surface area contributed by atoms with Crippen molar-refractivity contribution in [2.75, 3.05) is 16.9 Å². The van der Waals surface area contributed by atoms with Crippen LogP contribution in [0.1, 0.15) is 0 Å². The van der Waals surface area contributed by atoms with Crippen molar-refractivity contribution in [3.63, 3.8) is 0 Å². The van der Waals surface area contributed by atoms with E-state index in [0.717, 1.165) is 0 Å². The maximum Gasteiger partial charge on any atom is 0.327 e. The van der Waals surface area contributed by atoms with Crippen LogP contribution in [0.4, 0.5) is 10.5 Å². The zero-order chi connectivity index (χ0) is 14.0. The van der Waals surface area contributed by atoms with Gasteiger partial charge in [0.25, 0.3) is 0 Å². The summed E-state index contributed by atoms with van der Waals surface area (Å²) in [6.45, 7) is 0. The van der Waals surface area contributed by atoms with E-state index < -0.39 is 18.0 Å². The number of carboxylic acid groups (broad SMARTS) is 1. The largest absolute Gasteiger partial charge is 0.480 e. The lowest BCUT2D eigenvalue weighted by Gasteiger charge is -2.21. The summed E-state index contributed by atoms with van der Waals surface area (Å²) in [6.07, 6.45) is 0. The molecule has 1 aromatic carbocycles. The van der Waals surface area contributed by atoms with E-state index in [4.69, 9.17) is 28.3 Å². The molecule has 5 nitrogen and oxygen atoms in total. The highest BCUT2D eigenvalue weighted by atomic mass is 35.5. The average Bonchev–Trinajstić information content (AvgIpc) is 2.83. The molecule has 1 saturated heterocycles. The van der Waals surface area contributed by atoms with Crippen molar-refractivity contribution >= 4 is 52.7 Å². The zero-order valence-electron chi connectivity index (χ0n) is 9.60. The number of carbonyl (C=O) groups is 2. The van der Waals surface area contributed by atoms with E-state index >= 15 is 0 Å². The van der Waals surface area contributed by atoms with Crippen LogP contribution >= 0.6 is 35.0 Å². The van der Waals surface area contributed by atoms with Gasteiger partial charge >= 0.3 is 12.0 Å². The number of halogens is 2. The molecule has 0 bridgehead atoms. The summed E-state index contributed by atoms with van der Waals surface area (Å²) < 4.78 is 0. The monoisotopic (exact) mass is 320 g/mol. The average molecular weight is 321 g/mol. The molecule has 1 fully saturated rings. The van der Waals surface area contributed by atoms with Gasteiger partial charge in [0.15, 0.2) is 0 Å². The fraction of sp³-hybridized carbons (Fsp3) is 0.273. The predicted octanol–water partition coefficient (Wildman–Crippen LogP) is 2.98. The summed E-state index contributed by atoms with van der Waals surface area (Å²) in [4.78, 5) is 24.3. The van der Waals surface area contributed by atoms with Gasteiger partial charge in [-0.2, -0.15) is 0 Å². The third-order valence-electron chi connectivity index (χ3n) is 2.60. The summed E-state index contributed by atoms with van der Waals surface area (Å²) in [6, 6.07) is 3.42. The van der Waals surface area contributed by atoms with Crippen molar-refractivity contribution in [3.8, 4) is 0 Å². The number of nitrogens with one attached hydrogen (secondary N) is 1. The Hall–Kier alpha value is -1.11. The van der Waals surface area contributed by atoms with Gasteiger partial charge in [-0.1, -0.05) is 23.2 Å². The number of hydrogen-bond donors (Lipinski definition) is 2. The number of nitrogens with zero attached hydrogens (tertiary/aromatic N) is 1. The SMILES string of the molecule is O=C(O)[C@@H]1CSCN1C(=O)Nc1ccc(Cl)c(Cl)c1. The molecular weight excluding hydrogens is 311 g/mol. The van der Waals surface area contributed by atoms with Gasteiger partial charge in [0, 0.05) is 11.4 Å². The van der Waals surface area contributed by atoms with Gasteiger partial charge in [0.05, 0.1) is 15.9 Å². The number of benzene rings is 1. The van der Waals surface area contributed by atoms with Crippen LogP contribution in [-0.2, 0) is 4.79 Å². The minimum atomic E-state index is -1.01. The first-order chi connectivity index (χ1) is 8.99. The van der Waals surface area contributed by atoms with Gasteiger partial charge < -0.3 is 15.3 Å². The van der Waals surface area contributed by atoms with E-state index in [1.54, 1.807) is 12.1 Å². The van der Waals surface area contributed by atoms with Crippen molar-refractivity contribution < 1.29 is 14.7 Å². The highest BCUT2D eigenvalue weighted by Crippen LogP contribution is 2.26. The normalized spacial score (nSPS) is 18.4. The third-order valence-corrected chi connectivity index (χ3v) is 4.35. The third kappa shape index (κ3) is 3.26. The molecule has 2 rings (SSSR count). The Kier molecular flexibility index (Phi) is 4.44. The molecule has 0 spiro atoms. The Morgan fingerprint density at radius 3 is 2.74 bits per heavy atom. The van der Waals surface area contributed by atoms with E-state index in [2.05, 4.69) is 5.32 Å². The lowest BCUT2D eigenvalue weighted by Crippen LogP contribution is -2.43. The molecule has 0 unspecified atom stereocenters. The first-order valence-electron chi connectivity index (χ1n) is 5.32. The van der Waals surface area contributed by atoms with Crippen LogP contribution < -0.4 is 5.32 Å². The summed E-state index contributed by atoms with van der Waals surface area (Å²) in [7, 11) is 0. The topological polar surface area (TPSA) is 69.6 Å². The fourth-order valence-electron chi connectivity index (χ4n) is 1.62. The van der Waals surface area contributed by atoms with Crippen LogP contribution in [0, 0.1) is 0 Å². The van der Waals surface area contributed by atoms with E-state index in [-0.39, 0.29) is 0 Å². The van der Waals surface area contributed by atoms with Crippen LogP contribution in [0.2, 0.25) is 10.0 Å². The quantitative estimate of drug-likeness (QED) is 0.878. The van der Waals surface area contributed by atoms with Crippen LogP contribution in [-0.4, -0.2) is 39.7 Å². The molecule has 0 aliphatic carbocycles. The molecule has 2 amide bonds. The molecule has 102 valence electrons. The summed E-state index contributed by atoms with van der Waals surface area (Å²) in [5.41, 5.74) is 0.473. The molecule has 8 heteroatoms. The first-order valence-corrected chi connectivity index (χ1v) is 7.23. The van der Waals surface area contributed by atoms with Crippen LogP contribution in [0.25, 0.3) is 0 Å². The summed E-state index contributed by atoms with van der Waals surface area (Å²) in [5, 5.41) is 12.3. The van der Waals surface area contributed by atoms with Gasteiger partial charge in [-0.25, -0.2) is 9.59 Å². The Morgan fingerprint density at radius 1 is 1.37 bits per heavy atom. The maximum absolute atomic E-state index is 12.0. The Labute approximate surface area is 123 Å². The highest BCUT2D eigenvalue weighted by molar-refractivity contribution is 7.99. The Morgan fingerprint density at radius 2 is 2.11 bits per heavy atom. The molecule has 0 aromatic heterocycles. The second kappa shape index (κ2) is 5.90. The molecule has 1 aliphatic heterocycles. The van der Waals surface area contributed by atoms with Crippen molar-refractivity contribution in [1.82, 2.24) is 4.90 Å². The minimum absolute atomic E-state index is 0.324. The van der Waals surface area contributed by atoms with E-state index in [0.29, 0.717) is 27.4 Å². The number of amides is 2. The molecule has 2 N–H and O–H groups in total. The number of hydrogen-bond acceptors (Lipinski definition) is 3. The van der Waals surface area contributed by atoms with E-state index in [1.165, 1.54) is 22.7 Å². The second-order valence-corrected chi connectivity index (χ2v) is 5.70. The molecule has 19 heavy (non-hydrogen) atoms. The number of rotatable bonds is 2. The highest BCUT2D eigenvalue weighted by Gasteiger charge is 2.34. The zero-order valence-corrected chi connectivity index (χ0v) is 11.9. The van der Waals surface area contributed by atoms with Crippen molar-refractivity contribution in [2.24, 2.45) is 0 Å². The standard InChI is InChI=1S/C11H10Cl2N2O3S/c12-7-2-1-6(3-8(7)13)14-11(18)15-5-19-4-9(15)10(16)17/h1-3,9H,4-5H2,(H,14,18)(H,16,17)/t9-/m0/s1. The van der Waals surface area contributed by atoms with Gasteiger partial charge in [-0.15, -0.1) is 11.8 Å². The molecule has 1 atom stereocenters. The van der Waals surface area contributed by atoms with Crippen molar-refractivity contribution in [3.05, 3.63) is 28.2 Å².